The van der Waals surface area contributed by atoms with Crippen LogP contribution in [-0.2, 0) is 7.05 Å². The van der Waals surface area contributed by atoms with Gasteiger partial charge in [0.15, 0.2) is 0 Å². The van der Waals surface area contributed by atoms with Crippen molar-refractivity contribution in [1.82, 2.24) is 9.78 Å². The number of aromatic nitrogens is 2. The second kappa shape index (κ2) is 3.29. The molecule has 72 valence electrons. The van der Waals surface area contributed by atoms with E-state index in [2.05, 4.69) is 37.1 Å². The molecule has 2 heteroatoms. The second-order valence-electron chi connectivity index (χ2n) is 3.70. The quantitative estimate of drug-likeness (QED) is 0.669. The van der Waals surface area contributed by atoms with Crippen molar-refractivity contribution >= 4 is 0 Å². The van der Waals surface area contributed by atoms with E-state index in [4.69, 9.17) is 0 Å². The highest BCUT2D eigenvalue weighted by atomic mass is 15.2. The fourth-order valence-electron chi connectivity index (χ4n) is 1.49. The summed E-state index contributed by atoms with van der Waals surface area (Å²) >= 11 is 0. The molecule has 2 rings (SSSR count). The van der Waals surface area contributed by atoms with Crippen molar-refractivity contribution in [2.45, 2.75) is 13.8 Å². The van der Waals surface area contributed by atoms with Gasteiger partial charge in [-0.2, -0.15) is 5.10 Å². The first-order valence-corrected chi connectivity index (χ1v) is 4.73. The van der Waals surface area contributed by atoms with Crippen LogP contribution in [0.15, 0.2) is 30.6 Å². The van der Waals surface area contributed by atoms with Crippen LogP contribution >= 0.6 is 0 Å². The van der Waals surface area contributed by atoms with Gasteiger partial charge in [-0.1, -0.05) is 18.2 Å². The molecule has 1 aromatic carbocycles. The first kappa shape index (κ1) is 9.00. The molecule has 0 aliphatic heterocycles. The van der Waals surface area contributed by atoms with E-state index in [0.717, 1.165) is 0 Å². The number of rotatable bonds is 1. The van der Waals surface area contributed by atoms with Crippen molar-refractivity contribution < 1.29 is 0 Å². The summed E-state index contributed by atoms with van der Waals surface area (Å²) < 4.78 is 1.82. The Kier molecular flexibility index (Phi) is 2.12. The summed E-state index contributed by atoms with van der Waals surface area (Å²) in [6, 6.07) is 6.49. The summed E-state index contributed by atoms with van der Waals surface area (Å²) in [5.41, 5.74) is 5.07. The van der Waals surface area contributed by atoms with E-state index in [1.165, 1.54) is 22.3 Å². The fraction of sp³-hybridized carbons (Fsp3) is 0.250. The smallest absolute Gasteiger partial charge is 0.0568 e. The minimum Gasteiger partial charge on any atom is -0.275 e. The molecule has 0 saturated heterocycles. The minimum atomic E-state index is 1.18. The number of hydrogen-bond donors (Lipinski definition) is 0. The van der Waals surface area contributed by atoms with Crippen LogP contribution in [0.3, 0.4) is 0 Å². The van der Waals surface area contributed by atoms with E-state index in [1.807, 2.05) is 24.1 Å². The Morgan fingerprint density at radius 2 is 1.86 bits per heavy atom. The number of hydrogen-bond acceptors (Lipinski definition) is 1. The predicted octanol–water partition coefficient (Wildman–Crippen LogP) is 2.70. The zero-order valence-corrected chi connectivity index (χ0v) is 8.78. The van der Waals surface area contributed by atoms with E-state index in [1.54, 1.807) is 0 Å². The van der Waals surface area contributed by atoms with Gasteiger partial charge in [0.1, 0.15) is 0 Å². The highest BCUT2D eigenvalue weighted by Crippen LogP contribution is 2.20. The van der Waals surface area contributed by atoms with Crippen LogP contribution in [0.2, 0.25) is 0 Å². The summed E-state index contributed by atoms with van der Waals surface area (Å²) in [5, 5.41) is 4.16. The Labute approximate surface area is 84.2 Å². The Hall–Kier alpha value is -1.57. The molecule has 0 aliphatic carbocycles. The van der Waals surface area contributed by atoms with Crippen molar-refractivity contribution in [3.63, 3.8) is 0 Å². The summed E-state index contributed by atoms with van der Waals surface area (Å²) in [5.74, 6) is 0. The monoisotopic (exact) mass is 186 g/mol. The third-order valence-corrected chi connectivity index (χ3v) is 2.55. The van der Waals surface area contributed by atoms with Crippen molar-refractivity contribution in [3.8, 4) is 11.1 Å². The van der Waals surface area contributed by atoms with Gasteiger partial charge in [-0.25, -0.2) is 0 Å². The minimum absolute atomic E-state index is 1.18. The first-order valence-electron chi connectivity index (χ1n) is 4.73. The molecule has 0 amide bonds. The molecule has 0 atom stereocenters. The molecule has 0 bridgehead atoms. The maximum Gasteiger partial charge on any atom is 0.0568 e. The largest absolute Gasteiger partial charge is 0.275 e. The lowest BCUT2D eigenvalue weighted by Gasteiger charge is -2.02. The van der Waals surface area contributed by atoms with Crippen LogP contribution in [-0.4, -0.2) is 9.78 Å². The van der Waals surface area contributed by atoms with Gasteiger partial charge in [-0.05, 0) is 30.5 Å². The van der Waals surface area contributed by atoms with Crippen molar-refractivity contribution in [2.75, 3.05) is 0 Å². The topological polar surface area (TPSA) is 17.8 Å². The molecule has 14 heavy (non-hydrogen) atoms. The summed E-state index contributed by atoms with van der Waals surface area (Å²) in [6.07, 6.45) is 3.92. The molecule has 2 nitrogen and oxygen atoms in total. The lowest BCUT2D eigenvalue weighted by atomic mass is 10.0. The van der Waals surface area contributed by atoms with Crippen LogP contribution in [0, 0.1) is 13.8 Å². The molecular weight excluding hydrogens is 172 g/mol. The Bertz CT molecular complexity index is 455. The van der Waals surface area contributed by atoms with Crippen LogP contribution in [0.4, 0.5) is 0 Å². The van der Waals surface area contributed by atoms with E-state index < -0.39 is 0 Å². The molecule has 0 aliphatic rings. The van der Waals surface area contributed by atoms with Gasteiger partial charge < -0.3 is 0 Å². The zero-order chi connectivity index (χ0) is 10.1. The molecule has 0 N–H and O–H groups in total. The van der Waals surface area contributed by atoms with Gasteiger partial charge in [-0.15, -0.1) is 0 Å². The van der Waals surface area contributed by atoms with Crippen LogP contribution in [0.1, 0.15) is 11.1 Å². The van der Waals surface area contributed by atoms with Crippen LogP contribution in [0.5, 0.6) is 0 Å². The van der Waals surface area contributed by atoms with Crippen LogP contribution < -0.4 is 0 Å². The Morgan fingerprint density at radius 1 is 1.07 bits per heavy atom. The molecule has 0 unspecified atom stereocenters. The predicted molar refractivity (Wildman–Crippen MR) is 58.1 cm³/mol. The van der Waals surface area contributed by atoms with E-state index in [-0.39, 0.29) is 0 Å². The first-order chi connectivity index (χ1) is 6.66. The highest BCUT2D eigenvalue weighted by Gasteiger charge is 2.01. The average Bonchev–Trinajstić information content (AvgIpc) is 2.57. The molecule has 1 heterocycles. The lowest BCUT2D eigenvalue weighted by molar-refractivity contribution is 0.768. The van der Waals surface area contributed by atoms with Gasteiger partial charge in [-0.3, -0.25) is 4.68 Å². The number of aryl methyl sites for hydroxylation is 3. The SMILES string of the molecule is Cc1ccc(-c2cnn(C)c2)cc1C. The van der Waals surface area contributed by atoms with Crippen molar-refractivity contribution in [2.24, 2.45) is 7.05 Å². The third-order valence-electron chi connectivity index (χ3n) is 2.55. The van der Waals surface area contributed by atoms with Gasteiger partial charge in [0, 0.05) is 18.8 Å². The maximum absolute atomic E-state index is 4.16. The molecule has 0 radical (unpaired) electrons. The normalized spacial score (nSPS) is 10.5. The van der Waals surface area contributed by atoms with Gasteiger partial charge in [0.25, 0.3) is 0 Å². The van der Waals surface area contributed by atoms with Gasteiger partial charge in [0.2, 0.25) is 0 Å². The highest BCUT2D eigenvalue weighted by molar-refractivity contribution is 5.63. The van der Waals surface area contributed by atoms with Crippen molar-refractivity contribution in [3.05, 3.63) is 41.7 Å². The molecule has 2 aromatic rings. The Balaban J connectivity index is 2.47. The van der Waals surface area contributed by atoms with E-state index >= 15 is 0 Å². The zero-order valence-electron chi connectivity index (χ0n) is 8.78. The van der Waals surface area contributed by atoms with Crippen molar-refractivity contribution in [1.29, 1.82) is 0 Å². The third kappa shape index (κ3) is 1.55. The second-order valence-corrected chi connectivity index (χ2v) is 3.70. The molecule has 0 fully saturated rings. The standard InChI is InChI=1S/C12H14N2/c1-9-4-5-11(6-10(9)2)12-7-13-14(3)8-12/h4-8H,1-3H3. The Morgan fingerprint density at radius 3 is 2.43 bits per heavy atom. The summed E-state index contributed by atoms with van der Waals surface area (Å²) in [6.45, 7) is 4.26. The fourth-order valence-corrected chi connectivity index (χ4v) is 1.49. The number of nitrogens with zero attached hydrogens (tertiary/aromatic N) is 2. The maximum atomic E-state index is 4.16. The van der Waals surface area contributed by atoms with E-state index in [0.29, 0.717) is 0 Å². The summed E-state index contributed by atoms with van der Waals surface area (Å²) in [4.78, 5) is 0. The molecule has 0 saturated carbocycles. The molecule has 0 spiro atoms. The van der Waals surface area contributed by atoms with Gasteiger partial charge in [0.05, 0.1) is 6.20 Å². The average molecular weight is 186 g/mol. The van der Waals surface area contributed by atoms with E-state index in [9.17, 15) is 0 Å². The molecular formula is C12H14N2. The number of benzene rings is 1. The lowest BCUT2D eigenvalue weighted by Crippen LogP contribution is -1.84. The van der Waals surface area contributed by atoms with Crippen LogP contribution in [0.25, 0.3) is 11.1 Å². The molecule has 1 aromatic heterocycles. The summed E-state index contributed by atoms with van der Waals surface area (Å²) in [7, 11) is 1.94. The van der Waals surface area contributed by atoms with Gasteiger partial charge >= 0.3 is 0 Å².